The first-order chi connectivity index (χ1) is 8.58. The highest BCUT2D eigenvalue weighted by atomic mass is 32.1. The fourth-order valence-electron chi connectivity index (χ4n) is 1.88. The van der Waals surface area contributed by atoms with Gasteiger partial charge in [-0.2, -0.15) is 0 Å². The van der Waals surface area contributed by atoms with Crippen LogP contribution in [-0.4, -0.2) is 16.9 Å². The molecule has 1 heterocycles. The van der Waals surface area contributed by atoms with E-state index < -0.39 is 6.04 Å². The SMILES string of the molecule is CCCC(CCC)c1cnc(NC(=O)C(C)N)s1. The van der Waals surface area contributed by atoms with Crippen molar-refractivity contribution in [3.05, 3.63) is 11.1 Å². The van der Waals surface area contributed by atoms with Crippen molar-refractivity contribution in [1.82, 2.24) is 4.98 Å². The van der Waals surface area contributed by atoms with Crippen LogP contribution in [0.25, 0.3) is 0 Å². The number of nitrogens with zero attached hydrogens (tertiary/aromatic N) is 1. The van der Waals surface area contributed by atoms with Crippen LogP contribution in [0.5, 0.6) is 0 Å². The highest BCUT2D eigenvalue weighted by Crippen LogP contribution is 2.32. The first-order valence-electron chi connectivity index (χ1n) is 6.60. The smallest absolute Gasteiger partial charge is 0.242 e. The largest absolute Gasteiger partial charge is 0.320 e. The molecule has 18 heavy (non-hydrogen) atoms. The molecule has 0 saturated carbocycles. The normalized spacial score (nSPS) is 12.7. The van der Waals surface area contributed by atoms with E-state index in [0.29, 0.717) is 11.0 Å². The van der Waals surface area contributed by atoms with E-state index in [4.69, 9.17) is 5.73 Å². The molecule has 1 aromatic heterocycles. The molecule has 0 radical (unpaired) electrons. The van der Waals surface area contributed by atoms with Crippen LogP contribution in [0.2, 0.25) is 0 Å². The van der Waals surface area contributed by atoms with E-state index in [1.54, 1.807) is 18.3 Å². The van der Waals surface area contributed by atoms with Crippen LogP contribution in [0, 0.1) is 0 Å². The van der Waals surface area contributed by atoms with Crippen molar-refractivity contribution in [2.24, 2.45) is 5.73 Å². The van der Waals surface area contributed by atoms with Crippen LogP contribution < -0.4 is 11.1 Å². The molecule has 4 nitrogen and oxygen atoms in total. The lowest BCUT2D eigenvalue weighted by molar-refractivity contribution is -0.117. The summed E-state index contributed by atoms with van der Waals surface area (Å²) in [4.78, 5) is 17.0. The minimum Gasteiger partial charge on any atom is -0.320 e. The molecule has 1 atom stereocenters. The van der Waals surface area contributed by atoms with Gasteiger partial charge in [0.25, 0.3) is 0 Å². The van der Waals surface area contributed by atoms with E-state index in [-0.39, 0.29) is 5.91 Å². The molecule has 3 N–H and O–H groups in total. The van der Waals surface area contributed by atoms with E-state index in [0.717, 1.165) is 0 Å². The van der Waals surface area contributed by atoms with Crippen molar-refractivity contribution in [1.29, 1.82) is 0 Å². The Kier molecular flexibility index (Phi) is 6.29. The summed E-state index contributed by atoms with van der Waals surface area (Å²) in [6, 6.07) is -0.501. The Labute approximate surface area is 113 Å². The zero-order chi connectivity index (χ0) is 13.5. The molecule has 0 spiro atoms. The lowest BCUT2D eigenvalue weighted by atomic mass is 9.97. The average molecular weight is 269 g/mol. The van der Waals surface area contributed by atoms with Crippen LogP contribution in [-0.2, 0) is 4.79 Å². The third-order valence-electron chi connectivity index (χ3n) is 2.84. The molecule has 1 aromatic rings. The van der Waals surface area contributed by atoms with Gasteiger partial charge in [0.05, 0.1) is 6.04 Å². The van der Waals surface area contributed by atoms with Crippen molar-refractivity contribution >= 4 is 22.4 Å². The molecule has 0 aliphatic rings. The van der Waals surface area contributed by atoms with Gasteiger partial charge in [-0.1, -0.05) is 26.7 Å². The van der Waals surface area contributed by atoms with Crippen molar-refractivity contribution in [3.63, 3.8) is 0 Å². The summed E-state index contributed by atoms with van der Waals surface area (Å²) in [7, 11) is 0. The second kappa shape index (κ2) is 7.48. The minimum absolute atomic E-state index is 0.182. The summed E-state index contributed by atoms with van der Waals surface area (Å²) in [5.41, 5.74) is 5.51. The highest BCUT2D eigenvalue weighted by Gasteiger charge is 2.15. The standard InChI is InChI=1S/C13H23N3OS/c1-4-6-10(7-5-2)11-8-15-13(18-11)16-12(17)9(3)14/h8-10H,4-7,14H2,1-3H3,(H,15,16,17). The van der Waals surface area contributed by atoms with Gasteiger partial charge in [-0.3, -0.25) is 4.79 Å². The number of anilines is 1. The Bertz CT molecular complexity index is 370. The summed E-state index contributed by atoms with van der Waals surface area (Å²) in [6.07, 6.45) is 6.58. The molecular formula is C13H23N3OS. The molecule has 102 valence electrons. The van der Waals surface area contributed by atoms with Crippen LogP contribution in [0.1, 0.15) is 57.2 Å². The Morgan fingerprint density at radius 2 is 2.06 bits per heavy atom. The number of hydrogen-bond donors (Lipinski definition) is 2. The zero-order valence-corrected chi connectivity index (χ0v) is 12.2. The van der Waals surface area contributed by atoms with Gasteiger partial charge in [0, 0.05) is 11.1 Å². The number of hydrogen-bond acceptors (Lipinski definition) is 4. The summed E-state index contributed by atoms with van der Waals surface area (Å²) in [5.74, 6) is 0.386. The number of carbonyl (C=O) groups excluding carboxylic acids is 1. The number of nitrogens with one attached hydrogen (secondary N) is 1. The van der Waals surface area contributed by atoms with Crippen molar-refractivity contribution < 1.29 is 4.79 Å². The topological polar surface area (TPSA) is 68.0 Å². The Morgan fingerprint density at radius 3 is 2.56 bits per heavy atom. The first kappa shape index (κ1) is 15.1. The second-order valence-electron chi connectivity index (χ2n) is 4.62. The van der Waals surface area contributed by atoms with Gasteiger partial charge in [-0.25, -0.2) is 4.98 Å². The van der Waals surface area contributed by atoms with E-state index >= 15 is 0 Å². The van der Waals surface area contributed by atoms with E-state index in [1.165, 1.54) is 30.6 Å². The van der Waals surface area contributed by atoms with Crippen LogP contribution >= 0.6 is 11.3 Å². The molecule has 0 saturated heterocycles. The third-order valence-corrected chi connectivity index (χ3v) is 3.92. The number of amides is 1. The summed E-state index contributed by atoms with van der Waals surface area (Å²) in [6.45, 7) is 6.06. The average Bonchev–Trinajstić information content (AvgIpc) is 2.77. The predicted molar refractivity (Wildman–Crippen MR) is 77.0 cm³/mol. The van der Waals surface area contributed by atoms with E-state index in [1.807, 2.05) is 6.20 Å². The van der Waals surface area contributed by atoms with Crippen LogP contribution in [0.3, 0.4) is 0 Å². The Hall–Kier alpha value is -0.940. The maximum atomic E-state index is 11.5. The lowest BCUT2D eigenvalue weighted by Gasteiger charge is -2.12. The molecule has 1 unspecified atom stereocenters. The molecule has 1 rings (SSSR count). The first-order valence-corrected chi connectivity index (χ1v) is 7.42. The molecule has 5 heteroatoms. The predicted octanol–water partition coefficient (Wildman–Crippen LogP) is 3.11. The van der Waals surface area contributed by atoms with Crippen LogP contribution in [0.15, 0.2) is 6.20 Å². The number of rotatable bonds is 7. The molecule has 0 aliphatic heterocycles. The number of nitrogens with two attached hydrogens (primary N) is 1. The highest BCUT2D eigenvalue weighted by molar-refractivity contribution is 7.15. The second-order valence-corrected chi connectivity index (χ2v) is 5.68. The van der Waals surface area contributed by atoms with Gasteiger partial charge in [0.15, 0.2) is 5.13 Å². The number of aromatic nitrogens is 1. The monoisotopic (exact) mass is 269 g/mol. The summed E-state index contributed by atoms with van der Waals surface area (Å²) >= 11 is 1.57. The Morgan fingerprint density at radius 1 is 1.44 bits per heavy atom. The van der Waals surface area contributed by atoms with Gasteiger partial charge in [0.2, 0.25) is 5.91 Å². The van der Waals surface area contributed by atoms with E-state index in [9.17, 15) is 4.79 Å². The van der Waals surface area contributed by atoms with Crippen molar-refractivity contribution in [2.45, 2.75) is 58.4 Å². The fraction of sp³-hybridized carbons (Fsp3) is 0.692. The zero-order valence-electron chi connectivity index (χ0n) is 11.4. The maximum absolute atomic E-state index is 11.5. The Balaban J connectivity index is 2.68. The third kappa shape index (κ3) is 4.38. The van der Waals surface area contributed by atoms with Gasteiger partial charge >= 0.3 is 0 Å². The molecule has 1 amide bonds. The molecule has 0 fully saturated rings. The van der Waals surface area contributed by atoms with Crippen molar-refractivity contribution in [3.8, 4) is 0 Å². The van der Waals surface area contributed by atoms with Crippen LogP contribution in [0.4, 0.5) is 5.13 Å². The fourth-order valence-corrected chi connectivity index (χ4v) is 2.87. The maximum Gasteiger partial charge on any atom is 0.242 e. The van der Waals surface area contributed by atoms with E-state index in [2.05, 4.69) is 24.1 Å². The molecular weight excluding hydrogens is 246 g/mol. The summed E-state index contributed by atoms with van der Waals surface area (Å²) < 4.78 is 0. The summed E-state index contributed by atoms with van der Waals surface area (Å²) in [5, 5.41) is 3.40. The molecule has 0 aliphatic carbocycles. The molecule has 0 aromatic carbocycles. The van der Waals surface area contributed by atoms with Gasteiger partial charge in [0.1, 0.15) is 0 Å². The quantitative estimate of drug-likeness (QED) is 0.799. The molecule has 0 bridgehead atoms. The van der Waals surface area contributed by atoms with Crippen molar-refractivity contribution in [2.75, 3.05) is 5.32 Å². The lowest BCUT2D eigenvalue weighted by Crippen LogP contribution is -2.32. The number of carbonyl (C=O) groups is 1. The van der Waals surface area contributed by atoms with Gasteiger partial charge in [-0.15, -0.1) is 11.3 Å². The van der Waals surface area contributed by atoms with Gasteiger partial charge in [-0.05, 0) is 25.7 Å². The van der Waals surface area contributed by atoms with Gasteiger partial charge < -0.3 is 11.1 Å². The minimum atomic E-state index is -0.501. The number of thiazole rings is 1.